The van der Waals surface area contributed by atoms with Crippen LogP contribution in [0.5, 0.6) is 0 Å². The lowest BCUT2D eigenvalue weighted by molar-refractivity contribution is -0.146. The van der Waals surface area contributed by atoms with Gasteiger partial charge in [0, 0.05) is 25.4 Å². The first-order valence-corrected chi connectivity index (χ1v) is 7.99. The van der Waals surface area contributed by atoms with Crippen molar-refractivity contribution in [1.82, 2.24) is 9.88 Å². The Kier molecular flexibility index (Phi) is 5.30. The predicted molar refractivity (Wildman–Crippen MR) is 81.3 cm³/mol. The van der Waals surface area contributed by atoms with Gasteiger partial charge in [-0.3, -0.25) is 19.4 Å². The number of likely N-dealkylation sites (tertiary alicyclic amines) is 1. The molecule has 1 saturated heterocycles. The first kappa shape index (κ1) is 15.9. The predicted octanol–water partition coefficient (Wildman–Crippen LogP) is 1.65. The van der Waals surface area contributed by atoms with Gasteiger partial charge in [0.1, 0.15) is 6.04 Å². The van der Waals surface area contributed by atoms with Crippen LogP contribution < -0.4 is 4.90 Å². The summed E-state index contributed by atoms with van der Waals surface area (Å²) < 4.78 is 4.84. The van der Waals surface area contributed by atoms with Gasteiger partial charge in [-0.25, -0.2) is 4.98 Å². The number of anilines is 1. The van der Waals surface area contributed by atoms with Crippen molar-refractivity contribution >= 4 is 28.3 Å². The summed E-state index contributed by atoms with van der Waals surface area (Å²) in [6.07, 6.45) is 1.82. The van der Waals surface area contributed by atoms with Crippen molar-refractivity contribution in [2.45, 2.75) is 39.3 Å². The SMILES string of the molecule is CCN(C(C)=O)c1nc(CN2CCCC2C(=O)OC)cs1. The Labute approximate surface area is 128 Å². The Morgan fingerprint density at radius 1 is 1.57 bits per heavy atom. The number of aromatic nitrogens is 1. The maximum Gasteiger partial charge on any atom is 0.323 e. The molecule has 0 bridgehead atoms. The number of rotatable bonds is 5. The molecule has 0 aliphatic carbocycles. The zero-order valence-electron chi connectivity index (χ0n) is 12.7. The van der Waals surface area contributed by atoms with Crippen LogP contribution in [0.25, 0.3) is 0 Å². The lowest BCUT2D eigenvalue weighted by Crippen LogP contribution is -2.36. The van der Waals surface area contributed by atoms with Gasteiger partial charge in [-0.15, -0.1) is 11.3 Å². The number of ether oxygens (including phenoxy) is 1. The van der Waals surface area contributed by atoms with Crippen LogP contribution in [0.1, 0.15) is 32.4 Å². The highest BCUT2D eigenvalue weighted by molar-refractivity contribution is 7.14. The largest absolute Gasteiger partial charge is 0.468 e. The molecule has 1 aromatic heterocycles. The molecule has 1 aromatic rings. The second kappa shape index (κ2) is 7.00. The zero-order valence-corrected chi connectivity index (χ0v) is 13.5. The summed E-state index contributed by atoms with van der Waals surface area (Å²) in [5.74, 6) is -0.186. The number of hydrogen-bond donors (Lipinski definition) is 0. The topological polar surface area (TPSA) is 62.7 Å². The van der Waals surface area contributed by atoms with E-state index in [1.54, 1.807) is 11.8 Å². The Morgan fingerprint density at radius 2 is 2.33 bits per heavy atom. The lowest BCUT2D eigenvalue weighted by Gasteiger charge is -2.21. The molecular formula is C14H21N3O3S. The summed E-state index contributed by atoms with van der Waals surface area (Å²) in [5, 5.41) is 2.67. The first-order chi connectivity index (χ1) is 10.1. The van der Waals surface area contributed by atoms with E-state index >= 15 is 0 Å². The van der Waals surface area contributed by atoms with Gasteiger partial charge in [-0.1, -0.05) is 0 Å². The van der Waals surface area contributed by atoms with E-state index in [1.807, 2.05) is 12.3 Å². The van der Waals surface area contributed by atoms with E-state index in [9.17, 15) is 9.59 Å². The van der Waals surface area contributed by atoms with Gasteiger partial charge < -0.3 is 4.74 Å². The molecule has 0 spiro atoms. The lowest BCUT2D eigenvalue weighted by atomic mass is 10.2. The molecule has 1 fully saturated rings. The van der Waals surface area contributed by atoms with Crippen molar-refractivity contribution in [1.29, 1.82) is 0 Å². The molecule has 0 saturated carbocycles. The minimum atomic E-state index is -0.179. The highest BCUT2D eigenvalue weighted by Crippen LogP contribution is 2.25. The van der Waals surface area contributed by atoms with Crippen LogP contribution >= 0.6 is 11.3 Å². The van der Waals surface area contributed by atoms with Crippen molar-refractivity contribution in [3.63, 3.8) is 0 Å². The van der Waals surface area contributed by atoms with Crippen LogP contribution in [-0.2, 0) is 20.9 Å². The van der Waals surface area contributed by atoms with Crippen molar-refractivity contribution in [2.24, 2.45) is 0 Å². The van der Waals surface area contributed by atoms with Crippen LogP contribution in [0.15, 0.2) is 5.38 Å². The number of nitrogens with zero attached hydrogens (tertiary/aromatic N) is 3. The summed E-state index contributed by atoms with van der Waals surface area (Å²) in [5.41, 5.74) is 0.894. The Hall–Kier alpha value is -1.47. The standard InChI is InChI=1S/C14H21N3O3S/c1-4-17(10(2)18)14-15-11(9-21-14)8-16-7-5-6-12(16)13(19)20-3/h9,12H,4-8H2,1-3H3. The maximum absolute atomic E-state index is 11.7. The van der Waals surface area contributed by atoms with E-state index in [-0.39, 0.29) is 17.9 Å². The highest BCUT2D eigenvalue weighted by atomic mass is 32.1. The van der Waals surface area contributed by atoms with Gasteiger partial charge in [-0.05, 0) is 26.3 Å². The van der Waals surface area contributed by atoms with E-state index in [0.29, 0.717) is 18.2 Å². The molecule has 0 N–H and O–H groups in total. The van der Waals surface area contributed by atoms with E-state index in [4.69, 9.17) is 4.74 Å². The molecule has 6 nitrogen and oxygen atoms in total. The molecule has 1 amide bonds. The van der Waals surface area contributed by atoms with Crippen molar-refractivity contribution in [3.05, 3.63) is 11.1 Å². The summed E-state index contributed by atoms with van der Waals surface area (Å²) in [4.78, 5) is 31.5. The minimum absolute atomic E-state index is 0.00740. The number of thiazole rings is 1. The van der Waals surface area contributed by atoms with Gasteiger partial charge in [0.15, 0.2) is 5.13 Å². The van der Waals surface area contributed by atoms with E-state index in [1.165, 1.54) is 18.4 Å². The second-order valence-electron chi connectivity index (χ2n) is 5.04. The second-order valence-corrected chi connectivity index (χ2v) is 5.87. The number of esters is 1. The summed E-state index contributed by atoms with van der Waals surface area (Å²) in [6.45, 7) is 5.56. The van der Waals surface area contributed by atoms with Gasteiger partial charge in [0.05, 0.1) is 12.8 Å². The van der Waals surface area contributed by atoms with Gasteiger partial charge in [0.2, 0.25) is 5.91 Å². The fourth-order valence-electron chi connectivity index (χ4n) is 2.61. The average Bonchev–Trinajstić information content (AvgIpc) is 3.09. The molecule has 0 radical (unpaired) electrons. The van der Waals surface area contributed by atoms with Gasteiger partial charge in [0.25, 0.3) is 0 Å². The maximum atomic E-state index is 11.7. The van der Waals surface area contributed by atoms with Crippen LogP contribution in [-0.4, -0.2) is 48.0 Å². The average molecular weight is 311 g/mol. The van der Waals surface area contributed by atoms with Crippen LogP contribution in [0.3, 0.4) is 0 Å². The number of methoxy groups -OCH3 is 1. The third-order valence-corrected chi connectivity index (χ3v) is 4.58. The van der Waals surface area contributed by atoms with Gasteiger partial charge >= 0.3 is 5.97 Å². The first-order valence-electron chi connectivity index (χ1n) is 7.11. The van der Waals surface area contributed by atoms with E-state index in [0.717, 1.165) is 25.1 Å². The molecular weight excluding hydrogens is 290 g/mol. The molecule has 0 aromatic carbocycles. The minimum Gasteiger partial charge on any atom is -0.468 e. The fraction of sp³-hybridized carbons (Fsp3) is 0.643. The number of amides is 1. The molecule has 1 aliphatic rings. The molecule has 1 unspecified atom stereocenters. The Bertz CT molecular complexity index is 517. The third-order valence-electron chi connectivity index (χ3n) is 3.67. The number of carbonyl (C=O) groups is 2. The fourth-order valence-corrected chi connectivity index (χ4v) is 3.54. The molecule has 116 valence electrons. The molecule has 21 heavy (non-hydrogen) atoms. The normalized spacial score (nSPS) is 18.7. The molecule has 2 heterocycles. The number of carbonyl (C=O) groups excluding carboxylic acids is 2. The Morgan fingerprint density at radius 3 is 2.95 bits per heavy atom. The van der Waals surface area contributed by atoms with E-state index in [2.05, 4.69) is 9.88 Å². The van der Waals surface area contributed by atoms with E-state index < -0.39 is 0 Å². The van der Waals surface area contributed by atoms with Crippen LogP contribution in [0.4, 0.5) is 5.13 Å². The Balaban J connectivity index is 2.05. The number of hydrogen-bond acceptors (Lipinski definition) is 6. The van der Waals surface area contributed by atoms with Crippen molar-refractivity contribution in [2.75, 3.05) is 25.1 Å². The third kappa shape index (κ3) is 3.59. The molecule has 7 heteroatoms. The van der Waals surface area contributed by atoms with Crippen LogP contribution in [0.2, 0.25) is 0 Å². The highest BCUT2D eigenvalue weighted by Gasteiger charge is 2.31. The molecule has 1 atom stereocenters. The quantitative estimate of drug-likeness (QED) is 0.774. The van der Waals surface area contributed by atoms with Gasteiger partial charge in [-0.2, -0.15) is 0 Å². The molecule has 1 aliphatic heterocycles. The summed E-state index contributed by atoms with van der Waals surface area (Å²) in [6, 6.07) is -0.171. The zero-order chi connectivity index (χ0) is 15.4. The smallest absolute Gasteiger partial charge is 0.323 e. The summed E-state index contributed by atoms with van der Waals surface area (Å²) >= 11 is 1.46. The molecule has 2 rings (SSSR count). The van der Waals surface area contributed by atoms with Crippen molar-refractivity contribution < 1.29 is 14.3 Å². The van der Waals surface area contributed by atoms with Crippen molar-refractivity contribution in [3.8, 4) is 0 Å². The monoisotopic (exact) mass is 311 g/mol. The summed E-state index contributed by atoms with van der Waals surface area (Å²) in [7, 11) is 1.42. The van der Waals surface area contributed by atoms with Crippen LogP contribution in [0, 0.1) is 0 Å².